The molecule has 5 heteroatoms. The number of hydrogen-bond acceptors (Lipinski definition) is 3. The van der Waals surface area contributed by atoms with Crippen LogP contribution in [0.4, 0.5) is 4.79 Å². The number of amides is 2. The van der Waals surface area contributed by atoms with Crippen LogP contribution in [0.1, 0.15) is 41.3 Å². The quantitative estimate of drug-likeness (QED) is 0.655. The van der Waals surface area contributed by atoms with Gasteiger partial charge >= 0.3 is 6.03 Å². The summed E-state index contributed by atoms with van der Waals surface area (Å²) in [6, 6.07) is 23.2. The van der Waals surface area contributed by atoms with Gasteiger partial charge in [-0.15, -0.1) is 0 Å². The highest BCUT2D eigenvalue weighted by atomic mass is 16.7. The maximum Gasteiger partial charge on any atom is 0.316 e. The molecule has 1 aliphatic heterocycles. The molecule has 4 rings (SSSR count). The highest BCUT2D eigenvalue weighted by Gasteiger charge is 2.20. The van der Waals surface area contributed by atoms with Crippen molar-refractivity contribution in [3.8, 4) is 11.5 Å². The molecular weight excluding hydrogens is 364 g/mol. The first-order valence-electron chi connectivity index (χ1n) is 9.68. The lowest BCUT2D eigenvalue weighted by Crippen LogP contribution is -2.39. The van der Waals surface area contributed by atoms with Crippen LogP contribution in [0.5, 0.6) is 11.5 Å². The van der Waals surface area contributed by atoms with Crippen molar-refractivity contribution in [3.63, 3.8) is 0 Å². The Morgan fingerprint density at radius 2 is 1.48 bits per heavy atom. The first kappa shape index (κ1) is 18.9. The Balaban J connectivity index is 1.50. The van der Waals surface area contributed by atoms with Crippen LogP contribution in [-0.4, -0.2) is 12.8 Å². The van der Waals surface area contributed by atoms with Gasteiger partial charge in [0.25, 0.3) is 0 Å². The van der Waals surface area contributed by atoms with E-state index in [9.17, 15) is 4.79 Å². The maximum absolute atomic E-state index is 12.8. The molecule has 3 aromatic carbocycles. The van der Waals surface area contributed by atoms with E-state index in [0.29, 0.717) is 5.75 Å². The van der Waals surface area contributed by atoms with Gasteiger partial charge in [-0.25, -0.2) is 4.79 Å². The van der Waals surface area contributed by atoms with E-state index in [1.807, 2.05) is 55.5 Å². The number of carbonyl (C=O) groups excluding carboxylic acids is 1. The highest BCUT2D eigenvalue weighted by Crippen LogP contribution is 2.34. The normalized spacial score (nSPS) is 14.1. The van der Waals surface area contributed by atoms with Gasteiger partial charge in [-0.1, -0.05) is 66.2 Å². The van der Waals surface area contributed by atoms with Gasteiger partial charge < -0.3 is 20.1 Å². The van der Waals surface area contributed by atoms with Crippen LogP contribution in [0.15, 0.2) is 72.8 Å². The number of ether oxygens (including phenoxy) is 2. The van der Waals surface area contributed by atoms with Crippen molar-refractivity contribution in [2.24, 2.45) is 0 Å². The Bertz CT molecular complexity index is 987. The molecule has 0 fully saturated rings. The van der Waals surface area contributed by atoms with Gasteiger partial charge in [-0.3, -0.25) is 0 Å². The van der Waals surface area contributed by atoms with Crippen LogP contribution in [-0.2, 0) is 0 Å². The molecule has 1 heterocycles. The summed E-state index contributed by atoms with van der Waals surface area (Å²) in [5.41, 5.74) is 4.20. The zero-order chi connectivity index (χ0) is 20.2. The van der Waals surface area contributed by atoms with Crippen LogP contribution in [0, 0.1) is 6.92 Å². The Hall–Kier alpha value is -3.47. The molecule has 148 valence electrons. The van der Waals surface area contributed by atoms with E-state index in [1.54, 1.807) is 0 Å². The second-order valence-corrected chi connectivity index (χ2v) is 7.21. The largest absolute Gasteiger partial charge is 0.454 e. The third kappa shape index (κ3) is 4.35. The van der Waals surface area contributed by atoms with Crippen molar-refractivity contribution in [1.82, 2.24) is 10.6 Å². The third-order valence-electron chi connectivity index (χ3n) is 5.06. The number of hydrogen-bond donors (Lipinski definition) is 2. The third-order valence-corrected chi connectivity index (χ3v) is 5.06. The molecular formula is C24H24N2O3. The number of nitrogens with one attached hydrogen (secondary N) is 2. The van der Waals surface area contributed by atoms with Crippen LogP contribution >= 0.6 is 0 Å². The molecule has 2 amide bonds. The van der Waals surface area contributed by atoms with E-state index < -0.39 is 0 Å². The molecule has 2 unspecified atom stereocenters. The summed E-state index contributed by atoms with van der Waals surface area (Å²) in [5, 5.41) is 6.14. The maximum atomic E-state index is 12.8. The van der Waals surface area contributed by atoms with Crippen LogP contribution in [0.25, 0.3) is 0 Å². The van der Waals surface area contributed by atoms with E-state index in [1.165, 1.54) is 5.56 Å². The highest BCUT2D eigenvalue weighted by molar-refractivity contribution is 5.75. The van der Waals surface area contributed by atoms with Crippen molar-refractivity contribution in [2.45, 2.75) is 25.9 Å². The van der Waals surface area contributed by atoms with Crippen LogP contribution in [0.3, 0.4) is 0 Å². The Morgan fingerprint density at radius 3 is 2.24 bits per heavy atom. The lowest BCUT2D eigenvalue weighted by Gasteiger charge is -2.22. The van der Waals surface area contributed by atoms with Crippen LogP contribution < -0.4 is 20.1 Å². The summed E-state index contributed by atoms with van der Waals surface area (Å²) >= 11 is 0. The Morgan fingerprint density at radius 1 is 0.828 bits per heavy atom. The second kappa shape index (κ2) is 8.27. The molecule has 0 aromatic heterocycles. The summed E-state index contributed by atoms with van der Waals surface area (Å²) < 4.78 is 10.8. The summed E-state index contributed by atoms with van der Waals surface area (Å²) in [5.74, 6) is 1.44. The number of fused-ring (bicyclic) bond motifs is 1. The van der Waals surface area contributed by atoms with E-state index in [2.05, 4.69) is 41.8 Å². The van der Waals surface area contributed by atoms with Gasteiger partial charge in [0.05, 0.1) is 12.1 Å². The van der Waals surface area contributed by atoms with Crippen molar-refractivity contribution in [1.29, 1.82) is 0 Å². The molecule has 29 heavy (non-hydrogen) atoms. The minimum absolute atomic E-state index is 0.182. The monoisotopic (exact) mass is 388 g/mol. The molecule has 0 spiro atoms. The molecule has 2 atom stereocenters. The Kier molecular flexibility index (Phi) is 5.38. The first-order chi connectivity index (χ1) is 14.1. The minimum Gasteiger partial charge on any atom is -0.454 e. The van der Waals surface area contributed by atoms with Gasteiger partial charge in [0, 0.05) is 0 Å². The lowest BCUT2D eigenvalue weighted by atomic mass is 9.98. The molecule has 0 bridgehead atoms. The predicted molar refractivity (Wildman–Crippen MR) is 112 cm³/mol. The molecule has 2 N–H and O–H groups in total. The Labute approximate surface area is 170 Å². The van der Waals surface area contributed by atoms with E-state index in [-0.39, 0.29) is 24.9 Å². The first-order valence-corrected chi connectivity index (χ1v) is 9.68. The summed E-state index contributed by atoms with van der Waals surface area (Å²) in [6.45, 7) is 4.23. The summed E-state index contributed by atoms with van der Waals surface area (Å²) in [4.78, 5) is 12.8. The fourth-order valence-corrected chi connectivity index (χ4v) is 3.40. The van der Waals surface area contributed by atoms with E-state index in [4.69, 9.17) is 9.47 Å². The van der Waals surface area contributed by atoms with E-state index >= 15 is 0 Å². The van der Waals surface area contributed by atoms with E-state index in [0.717, 1.165) is 22.4 Å². The number of aryl methyl sites for hydroxylation is 1. The summed E-state index contributed by atoms with van der Waals surface area (Å²) in [7, 11) is 0. The lowest BCUT2D eigenvalue weighted by molar-refractivity contribution is 0.174. The molecule has 0 aliphatic carbocycles. The van der Waals surface area contributed by atoms with Crippen molar-refractivity contribution < 1.29 is 14.3 Å². The van der Waals surface area contributed by atoms with Crippen molar-refractivity contribution in [2.75, 3.05) is 6.79 Å². The van der Waals surface area contributed by atoms with Gasteiger partial charge in [-0.2, -0.15) is 0 Å². The molecule has 3 aromatic rings. The smallest absolute Gasteiger partial charge is 0.316 e. The summed E-state index contributed by atoms with van der Waals surface area (Å²) in [6.07, 6.45) is 0. The fraction of sp³-hybridized carbons (Fsp3) is 0.208. The zero-order valence-electron chi connectivity index (χ0n) is 16.5. The van der Waals surface area contributed by atoms with Crippen LogP contribution in [0.2, 0.25) is 0 Å². The molecule has 0 saturated heterocycles. The van der Waals surface area contributed by atoms with Gasteiger partial charge in [0.15, 0.2) is 11.5 Å². The van der Waals surface area contributed by atoms with Gasteiger partial charge in [0.2, 0.25) is 6.79 Å². The number of rotatable bonds is 5. The topological polar surface area (TPSA) is 59.6 Å². The molecule has 0 radical (unpaired) electrons. The van der Waals surface area contributed by atoms with Gasteiger partial charge in [-0.05, 0) is 42.7 Å². The number of urea groups is 1. The zero-order valence-corrected chi connectivity index (χ0v) is 16.5. The number of benzene rings is 3. The van der Waals surface area contributed by atoms with Gasteiger partial charge in [0.1, 0.15) is 0 Å². The SMILES string of the molecule is Cc1ccc(C(NC(=O)NC(C)c2ccc3c(c2)OCO3)c2ccccc2)cc1. The number of carbonyl (C=O) groups is 1. The predicted octanol–water partition coefficient (Wildman–Crippen LogP) is 4.87. The van der Waals surface area contributed by atoms with Crippen molar-refractivity contribution in [3.05, 3.63) is 95.1 Å². The molecule has 5 nitrogen and oxygen atoms in total. The average molecular weight is 388 g/mol. The minimum atomic E-state index is -0.235. The second-order valence-electron chi connectivity index (χ2n) is 7.21. The standard InChI is InChI=1S/C24H24N2O3/c1-16-8-10-19(11-9-16)23(18-6-4-3-5-7-18)26-24(27)25-17(2)20-12-13-21-22(14-20)29-15-28-21/h3-14,17,23H,15H2,1-2H3,(H2,25,26,27). The average Bonchev–Trinajstić information content (AvgIpc) is 3.21. The molecule has 1 aliphatic rings. The molecule has 0 saturated carbocycles. The fourth-order valence-electron chi connectivity index (χ4n) is 3.40. The van der Waals surface area contributed by atoms with Crippen molar-refractivity contribution >= 4 is 6.03 Å².